The first-order valence-corrected chi connectivity index (χ1v) is 7.47. The minimum atomic E-state index is -0.510. The normalized spacial score (nSPS) is 14.2. The monoisotopic (exact) mass is 328 g/mol. The molecular formula is C16H16N4O4. The molecule has 1 fully saturated rings. The van der Waals surface area contributed by atoms with Crippen LogP contribution in [0.5, 0.6) is 0 Å². The third-order valence-electron chi connectivity index (χ3n) is 3.71. The number of ether oxygens (including phenoxy) is 1. The van der Waals surface area contributed by atoms with Crippen LogP contribution in [0.4, 0.5) is 17.1 Å². The van der Waals surface area contributed by atoms with Gasteiger partial charge in [0.2, 0.25) is 0 Å². The lowest BCUT2D eigenvalue weighted by Gasteiger charge is -2.30. The number of nitrogens with zero attached hydrogens (tertiary/aromatic N) is 3. The van der Waals surface area contributed by atoms with Gasteiger partial charge in [0, 0.05) is 31.4 Å². The Morgan fingerprint density at radius 1 is 1.29 bits per heavy atom. The zero-order valence-electron chi connectivity index (χ0n) is 12.8. The number of pyridine rings is 1. The lowest BCUT2D eigenvalue weighted by atomic mass is 10.1. The first kappa shape index (κ1) is 15.9. The van der Waals surface area contributed by atoms with Gasteiger partial charge in [-0.15, -0.1) is 0 Å². The number of carbonyl (C=O) groups is 1. The van der Waals surface area contributed by atoms with E-state index in [4.69, 9.17) is 4.74 Å². The standard InChI is InChI=1S/C16H16N4O4/c21-16(18-12-2-1-5-17-11-12)14-10-13(20(22)23)3-4-15(14)19-6-8-24-9-7-19/h1-5,10-11H,6-9H2,(H,18,21). The fourth-order valence-corrected chi connectivity index (χ4v) is 2.53. The SMILES string of the molecule is O=C(Nc1cccnc1)c1cc([N+](=O)[O-])ccc1N1CCOCC1. The van der Waals surface area contributed by atoms with E-state index in [1.54, 1.807) is 24.4 Å². The molecule has 0 spiro atoms. The van der Waals surface area contributed by atoms with Gasteiger partial charge in [-0.25, -0.2) is 0 Å². The van der Waals surface area contributed by atoms with Gasteiger partial charge in [0.1, 0.15) is 0 Å². The van der Waals surface area contributed by atoms with E-state index in [0.717, 1.165) is 0 Å². The van der Waals surface area contributed by atoms with Crippen molar-refractivity contribution >= 4 is 23.0 Å². The first-order valence-electron chi connectivity index (χ1n) is 7.47. The van der Waals surface area contributed by atoms with Crippen molar-refractivity contribution in [1.82, 2.24) is 4.98 Å². The summed E-state index contributed by atoms with van der Waals surface area (Å²) in [5.74, 6) is -0.409. The van der Waals surface area contributed by atoms with E-state index in [1.807, 2.05) is 4.90 Å². The summed E-state index contributed by atoms with van der Waals surface area (Å²) in [5.41, 5.74) is 1.32. The molecule has 1 N–H and O–H groups in total. The van der Waals surface area contributed by atoms with Crippen molar-refractivity contribution in [2.45, 2.75) is 0 Å². The number of benzene rings is 1. The van der Waals surface area contributed by atoms with Gasteiger partial charge in [-0.2, -0.15) is 0 Å². The molecule has 0 bridgehead atoms. The topological polar surface area (TPSA) is 97.6 Å². The number of rotatable bonds is 4. The van der Waals surface area contributed by atoms with E-state index in [1.165, 1.54) is 18.3 Å². The summed E-state index contributed by atoms with van der Waals surface area (Å²) in [7, 11) is 0. The molecular weight excluding hydrogens is 312 g/mol. The Kier molecular flexibility index (Phi) is 4.66. The van der Waals surface area contributed by atoms with Crippen LogP contribution in [0, 0.1) is 10.1 Å². The number of nitrogens with one attached hydrogen (secondary N) is 1. The molecule has 3 rings (SSSR count). The van der Waals surface area contributed by atoms with Gasteiger partial charge in [-0.1, -0.05) is 0 Å². The zero-order valence-corrected chi connectivity index (χ0v) is 12.8. The lowest BCUT2D eigenvalue weighted by Crippen LogP contribution is -2.37. The number of nitro groups is 1. The Labute approximate surface area is 138 Å². The molecule has 124 valence electrons. The molecule has 2 aromatic rings. The minimum Gasteiger partial charge on any atom is -0.378 e. The fraction of sp³-hybridized carbons (Fsp3) is 0.250. The quantitative estimate of drug-likeness (QED) is 0.681. The van der Waals surface area contributed by atoms with Gasteiger partial charge in [0.25, 0.3) is 11.6 Å². The third kappa shape index (κ3) is 3.49. The molecule has 24 heavy (non-hydrogen) atoms. The molecule has 1 aromatic carbocycles. The summed E-state index contributed by atoms with van der Waals surface area (Å²) in [4.78, 5) is 29.1. The summed E-state index contributed by atoms with van der Waals surface area (Å²) in [6.45, 7) is 2.37. The van der Waals surface area contributed by atoms with Crippen molar-refractivity contribution < 1.29 is 14.5 Å². The Bertz CT molecular complexity index is 745. The molecule has 1 saturated heterocycles. The first-order chi connectivity index (χ1) is 11.6. The molecule has 1 aromatic heterocycles. The molecule has 0 unspecified atom stereocenters. The molecule has 1 amide bonds. The molecule has 0 atom stereocenters. The molecule has 1 aliphatic rings. The molecule has 0 aliphatic carbocycles. The van der Waals surface area contributed by atoms with Crippen molar-refractivity contribution in [3.63, 3.8) is 0 Å². The highest BCUT2D eigenvalue weighted by Crippen LogP contribution is 2.27. The lowest BCUT2D eigenvalue weighted by molar-refractivity contribution is -0.384. The van der Waals surface area contributed by atoms with Crippen molar-refractivity contribution in [3.8, 4) is 0 Å². The van der Waals surface area contributed by atoms with Crippen LogP contribution < -0.4 is 10.2 Å². The van der Waals surface area contributed by atoms with Gasteiger partial charge < -0.3 is 15.0 Å². The molecule has 8 nitrogen and oxygen atoms in total. The van der Waals surface area contributed by atoms with Crippen LogP contribution in [0.15, 0.2) is 42.7 Å². The summed E-state index contributed by atoms with van der Waals surface area (Å²) in [6, 6.07) is 7.73. The summed E-state index contributed by atoms with van der Waals surface area (Å²) >= 11 is 0. The number of morpholine rings is 1. The van der Waals surface area contributed by atoms with Crippen LogP contribution >= 0.6 is 0 Å². The minimum absolute atomic E-state index is 0.122. The molecule has 0 saturated carbocycles. The van der Waals surface area contributed by atoms with Crippen molar-refractivity contribution in [3.05, 3.63) is 58.4 Å². The fourth-order valence-electron chi connectivity index (χ4n) is 2.53. The second kappa shape index (κ2) is 7.05. The van der Waals surface area contributed by atoms with Gasteiger partial charge in [0.05, 0.1) is 41.3 Å². The highest BCUT2D eigenvalue weighted by atomic mass is 16.6. The maximum absolute atomic E-state index is 12.6. The van der Waals surface area contributed by atoms with Crippen LogP contribution in [-0.4, -0.2) is 42.1 Å². The van der Waals surface area contributed by atoms with Crippen molar-refractivity contribution in [2.24, 2.45) is 0 Å². The van der Waals surface area contributed by atoms with Crippen molar-refractivity contribution in [1.29, 1.82) is 0 Å². The largest absolute Gasteiger partial charge is 0.378 e. The van der Waals surface area contributed by atoms with Crippen LogP contribution in [0.2, 0.25) is 0 Å². The van der Waals surface area contributed by atoms with Crippen LogP contribution in [-0.2, 0) is 4.74 Å². The number of anilines is 2. The highest BCUT2D eigenvalue weighted by molar-refractivity contribution is 6.08. The maximum atomic E-state index is 12.6. The second-order valence-electron chi connectivity index (χ2n) is 5.25. The van der Waals surface area contributed by atoms with Gasteiger partial charge >= 0.3 is 0 Å². The summed E-state index contributed by atoms with van der Waals surface area (Å²) in [6.07, 6.45) is 3.12. The Hall–Kier alpha value is -3.00. The van der Waals surface area contributed by atoms with Gasteiger partial charge in [0.15, 0.2) is 0 Å². The van der Waals surface area contributed by atoms with E-state index >= 15 is 0 Å². The Morgan fingerprint density at radius 3 is 2.75 bits per heavy atom. The van der Waals surface area contributed by atoms with Crippen LogP contribution in [0.1, 0.15) is 10.4 Å². The predicted molar refractivity (Wildman–Crippen MR) is 88.3 cm³/mol. The van der Waals surface area contributed by atoms with E-state index in [9.17, 15) is 14.9 Å². The highest BCUT2D eigenvalue weighted by Gasteiger charge is 2.22. The average Bonchev–Trinajstić information content (AvgIpc) is 2.62. The second-order valence-corrected chi connectivity index (χ2v) is 5.25. The maximum Gasteiger partial charge on any atom is 0.270 e. The van der Waals surface area contributed by atoms with Crippen LogP contribution in [0.3, 0.4) is 0 Å². The summed E-state index contributed by atoms with van der Waals surface area (Å²) in [5, 5.41) is 13.8. The van der Waals surface area contributed by atoms with Gasteiger partial charge in [-0.05, 0) is 18.2 Å². The number of non-ortho nitro benzene ring substituents is 1. The number of aromatic nitrogens is 1. The molecule has 0 radical (unpaired) electrons. The molecule has 2 heterocycles. The number of hydrogen-bond donors (Lipinski definition) is 1. The van der Waals surface area contributed by atoms with E-state index in [-0.39, 0.29) is 11.3 Å². The van der Waals surface area contributed by atoms with E-state index in [0.29, 0.717) is 37.7 Å². The predicted octanol–water partition coefficient (Wildman–Crippen LogP) is 2.08. The molecule has 8 heteroatoms. The van der Waals surface area contributed by atoms with Crippen molar-refractivity contribution in [2.75, 3.05) is 36.5 Å². The Morgan fingerprint density at radius 2 is 2.08 bits per heavy atom. The third-order valence-corrected chi connectivity index (χ3v) is 3.71. The Balaban J connectivity index is 1.94. The van der Waals surface area contributed by atoms with E-state index < -0.39 is 10.8 Å². The number of hydrogen-bond acceptors (Lipinski definition) is 6. The zero-order chi connectivity index (χ0) is 16.9. The van der Waals surface area contributed by atoms with E-state index in [2.05, 4.69) is 10.3 Å². The smallest absolute Gasteiger partial charge is 0.270 e. The molecule has 1 aliphatic heterocycles. The number of carbonyl (C=O) groups excluding carboxylic acids is 1. The number of nitro benzene ring substituents is 1. The average molecular weight is 328 g/mol. The van der Waals surface area contributed by atoms with Gasteiger partial charge in [-0.3, -0.25) is 19.9 Å². The number of amides is 1. The summed E-state index contributed by atoms with van der Waals surface area (Å²) < 4.78 is 5.32. The van der Waals surface area contributed by atoms with Crippen LogP contribution in [0.25, 0.3) is 0 Å².